The molecule has 136 valence electrons. The SMILES string of the molecule is BrCBr.CN(C)CBr.CN(C)CN(C)C.CNC.CNC. The Labute approximate surface area is 159 Å². The second kappa shape index (κ2) is 37.5. The van der Waals surface area contributed by atoms with Crippen LogP contribution in [0.15, 0.2) is 0 Å². The number of nitrogens with one attached hydrogen (secondary N) is 2. The van der Waals surface area contributed by atoms with Gasteiger partial charge in [-0.2, -0.15) is 0 Å². The number of halogens is 3. The molecular formula is C13H38Br3N5. The first-order chi connectivity index (χ1) is 9.64. The Hall–Kier alpha value is 1.24. The minimum atomic E-state index is 0.875. The summed E-state index contributed by atoms with van der Waals surface area (Å²) in [6.45, 7) is 1.03. The predicted molar refractivity (Wildman–Crippen MR) is 112 cm³/mol. The molecule has 0 aliphatic rings. The predicted octanol–water partition coefficient (Wildman–Crippen LogP) is 2.37. The van der Waals surface area contributed by atoms with Crippen LogP contribution in [-0.2, 0) is 0 Å². The highest BCUT2D eigenvalue weighted by Gasteiger charge is 1.87. The molecule has 0 atom stereocenters. The first-order valence-electron chi connectivity index (χ1n) is 6.43. The van der Waals surface area contributed by atoms with E-state index in [0.717, 1.165) is 16.4 Å². The van der Waals surface area contributed by atoms with Crippen LogP contribution in [0, 0.1) is 0 Å². The molecule has 0 saturated heterocycles. The average molecular weight is 504 g/mol. The van der Waals surface area contributed by atoms with E-state index in [2.05, 4.69) is 96.4 Å². The van der Waals surface area contributed by atoms with Gasteiger partial charge in [0.05, 0.1) is 9.69 Å². The molecule has 0 fully saturated rings. The summed E-state index contributed by atoms with van der Waals surface area (Å²) in [5.41, 5.74) is 0.951. The van der Waals surface area contributed by atoms with Crippen LogP contribution < -0.4 is 10.6 Å². The molecule has 2 N–H and O–H groups in total. The molecule has 0 spiro atoms. The molecule has 0 saturated carbocycles. The van der Waals surface area contributed by atoms with E-state index in [0.29, 0.717) is 0 Å². The Morgan fingerprint density at radius 3 is 0.762 bits per heavy atom. The van der Waals surface area contributed by atoms with Crippen LogP contribution in [0.4, 0.5) is 0 Å². The van der Waals surface area contributed by atoms with E-state index in [4.69, 9.17) is 0 Å². The summed E-state index contributed by atoms with van der Waals surface area (Å²) in [4.78, 5) is 6.29. The molecule has 0 aliphatic carbocycles. The zero-order chi connectivity index (χ0) is 18.3. The van der Waals surface area contributed by atoms with Crippen LogP contribution in [0.5, 0.6) is 0 Å². The summed E-state index contributed by atoms with van der Waals surface area (Å²) in [5.74, 6) is 0. The van der Waals surface area contributed by atoms with Gasteiger partial charge in [-0.3, -0.25) is 14.7 Å². The maximum Gasteiger partial charge on any atom is 0.0588 e. The average Bonchev–Trinajstić information content (AvgIpc) is 2.30. The van der Waals surface area contributed by atoms with Gasteiger partial charge in [0.25, 0.3) is 0 Å². The largest absolute Gasteiger partial charge is 0.323 e. The molecular weight excluding hydrogens is 466 g/mol. The normalized spacial score (nSPS) is 8.57. The fourth-order valence-electron chi connectivity index (χ4n) is 0.566. The summed E-state index contributed by atoms with van der Waals surface area (Å²) < 4.78 is 0.875. The lowest BCUT2D eigenvalue weighted by Crippen LogP contribution is -2.26. The third kappa shape index (κ3) is 150. The lowest BCUT2D eigenvalue weighted by atomic mass is 10.8. The van der Waals surface area contributed by atoms with Crippen LogP contribution in [0.1, 0.15) is 0 Å². The van der Waals surface area contributed by atoms with Crippen LogP contribution in [-0.4, -0.2) is 102 Å². The lowest BCUT2D eigenvalue weighted by Gasteiger charge is -2.14. The van der Waals surface area contributed by atoms with Gasteiger partial charge in [-0.15, -0.1) is 0 Å². The standard InChI is InChI=1S/C5H14N2.C3H8BrN.2C2H7N.CH2Br2/c1-6(2)5-7(3)4;1-5(2)3-4;2*1-3-2;2-1-3/h5H2,1-4H3;3H2,1-2H3;2*3H,1-2H3;1H2. The third-order valence-corrected chi connectivity index (χ3v) is 1.81. The topological polar surface area (TPSA) is 33.8 Å². The number of hydrogen-bond acceptors (Lipinski definition) is 5. The second-order valence-electron chi connectivity index (χ2n) is 4.60. The van der Waals surface area contributed by atoms with E-state index in [-0.39, 0.29) is 0 Å². The van der Waals surface area contributed by atoms with Gasteiger partial charge in [0.2, 0.25) is 0 Å². The Balaban J connectivity index is -0.0000000540. The quantitative estimate of drug-likeness (QED) is 0.351. The van der Waals surface area contributed by atoms with Gasteiger partial charge in [0.15, 0.2) is 0 Å². The van der Waals surface area contributed by atoms with Crippen molar-refractivity contribution in [2.45, 2.75) is 0 Å². The molecule has 5 nitrogen and oxygen atoms in total. The van der Waals surface area contributed by atoms with E-state index < -0.39 is 0 Å². The molecule has 0 aliphatic heterocycles. The molecule has 0 amide bonds. The first-order valence-corrected chi connectivity index (χ1v) is 9.80. The number of nitrogens with zero attached hydrogens (tertiary/aromatic N) is 3. The molecule has 0 rings (SSSR count). The minimum Gasteiger partial charge on any atom is -0.323 e. The number of hydrogen-bond donors (Lipinski definition) is 2. The van der Waals surface area contributed by atoms with Crippen LogP contribution in [0.2, 0.25) is 0 Å². The Morgan fingerprint density at radius 1 is 0.619 bits per heavy atom. The fraction of sp³-hybridized carbons (Fsp3) is 1.00. The second-order valence-corrected chi connectivity index (χ2v) is 7.73. The van der Waals surface area contributed by atoms with E-state index in [9.17, 15) is 0 Å². The Bertz CT molecular complexity index is 118. The summed E-state index contributed by atoms with van der Waals surface area (Å²) in [6, 6.07) is 0. The van der Waals surface area contributed by atoms with Crippen molar-refractivity contribution in [2.75, 3.05) is 86.8 Å². The molecule has 0 heterocycles. The molecule has 8 heteroatoms. The number of alkyl halides is 3. The molecule has 0 aromatic heterocycles. The number of rotatable bonds is 3. The molecule has 0 radical (unpaired) electrons. The van der Waals surface area contributed by atoms with Crippen LogP contribution in [0.25, 0.3) is 0 Å². The van der Waals surface area contributed by atoms with Crippen molar-refractivity contribution in [2.24, 2.45) is 0 Å². The Morgan fingerprint density at radius 2 is 0.762 bits per heavy atom. The third-order valence-electron chi connectivity index (χ3n) is 0.805. The summed E-state index contributed by atoms with van der Waals surface area (Å²) in [6.07, 6.45) is 0. The minimum absolute atomic E-state index is 0.875. The van der Waals surface area contributed by atoms with Gasteiger partial charge < -0.3 is 10.6 Å². The van der Waals surface area contributed by atoms with Crippen molar-refractivity contribution in [3.8, 4) is 0 Å². The maximum atomic E-state index is 3.24. The van der Waals surface area contributed by atoms with Gasteiger partial charge >= 0.3 is 0 Å². The first kappa shape index (κ1) is 33.8. The summed E-state index contributed by atoms with van der Waals surface area (Å²) in [5, 5.41) is 5.50. The highest BCUT2D eigenvalue weighted by molar-refractivity contribution is 9.24. The van der Waals surface area contributed by atoms with Crippen molar-refractivity contribution in [1.82, 2.24) is 25.3 Å². The van der Waals surface area contributed by atoms with Crippen molar-refractivity contribution in [3.05, 3.63) is 0 Å². The van der Waals surface area contributed by atoms with Crippen LogP contribution in [0.3, 0.4) is 0 Å². The molecule has 0 bridgehead atoms. The van der Waals surface area contributed by atoms with E-state index >= 15 is 0 Å². The van der Waals surface area contributed by atoms with E-state index in [1.165, 1.54) is 0 Å². The van der Waals surface area contributed by atoms with Gasteiger partial charge in [-0.1, -0.05) is 47.8 Å². The van der Waals surface area contributed by atoms with Gasteiger partial charge in [-0.25, -0.2) is 0 Å². The van der Waals surface area contributed by atoms with Crippen LogP contribution >= 0.6 is 47.8 Å². The van der Waals surface area contributed by atoms with Gasteiger partial charge in [0, 0.05) is 6.67 Å². The van der Waals surface area contributed by atoms with E-state index in [1.807, 2.05) is 47.2 Å². The van der Waals surface area contributed by atoms with E-state index in [1.54, 1.807) is 0 Å². The van der Waals surface area contributed by atoms with Crippen molar-refractivity contribution in [1.29, 1.82) is 0 Å². The zero-order valence-electron chi connectivity index (χ0n) is 15.6. The smallest absolute Gasteiger partial charge is 0.0588 e. The van der Waals surface area contributed by atoms with Crippen molar-refractivity contribution < 1.29 is 0 Å². The zero-order valence-corrected chi connectivity index (χ0v) is 20.4. The summed E-state index contributed by atoms with van der Waals surface area (Å²) >= 11 is 9.36. The summed E-state index contributed by atoms with van der Waals surface area (Å²) in [7, 11) is 19.7. The van der Waals surface area contributed by atoms with Gasteiger partial charge in [0.1, 0.15) is 0 Å². The monoisotopic (exact) mass is 501 g/mol. The Kier molecular flexibility index (Phi) is 60.2. The highest BCUT2D eigenvalue weighted by Crippen LogP contribution is 1.83. The van der Waals surface area contributed by atoms with Crippen molar-refractivity contribution in [3.63, 3.8) is 0 Å². The van der Waals surface area contributed by atoms with Gasteiger partial charge in [-0.05, 0) is 70.5 Å². The maximum absolute atomic E-state index is 3.24. The molecule has 21 heavy (non-hydrogen) atoms. The molecule has 0 aromatic carbocycles. The van der Waals surface area contributed by atoms with Crippen molar-refractivity contribution >= 4 is 47.8 Å². The molecule has 0 unspecified atom stereocenters. The molecule has 0 aromatic rings. The fourth-order valence-corrected chi connectivity index (χ4v) is 0.566. The lowest BCUT2D eigenvalue weighted by molar-refractivity contribution is 0.245. The highest BCUT2D eigenvalue weighted by atomic mass is 79.9.